The predicted molar refractivity (Wildman–Crippen MR) is 97.1 cm³/mol. The summed E-state index contributed by atoms with van der Waals surface area (Å²) in [6.07, 6.45) is 1.52. The number of carbonyl (C=O) groups is 2. The van der Waals surface area contributed by atoms with E-state index in [2.05, 4.69) is 5.32 Å². The van der Waals surface area contributed by atoms with E-state index in [0.29, 0.717) is 35.0 Å². The maximum Gasteiger partial charge on any atom is 0.259 e. The molecule has 0 spiro atoms. The zero-order valence-corrected chi connectivity index (χ0v) is 14.7. The third-order valence-corrected chi connectivity index (χ3v) is 4.37. The molecule has 1 aliphatic heterocycles. The van der Waals surface area contributed by atoms with Crippen LogP contribution in [0.1, 0.15) is 28.8 Å². The number of hydrogen-bond donors (Lipinski definition) is 1. The Morgan fingerprint density at radius 3 is 2.84 bits per heavy atom. The minimum absolute atomic E-state index is 0.179. The van der Waals surface area contributed by atoms with Crippen molar-refractivity contribution in [1.29, 1.82) is 0 Å². The van der Waals surface area contributed by atoms with Gasteiger partial charge in [-0.25, -0.2) is 0 Å². The van der Waals surface area contributed by atoms with E-state index in [9.17, 15) is 9.59 Å². The highest BCUT2D eigenvalue weighted by atomic mass is 35.5. The van der Waals surface area contributed by atoms with Gasteiger partial charge >= 0.3 is 0 Å². The highest BCUT2D eigenvalue weighted by Crippen LogP contribution is 2.24. The van der Waals surface area contributed by atoms with E-state index in [1.165, 1.54) is 7.11 Å². The average molecular weight is 359 g/mol. The second-order valence-electron chi connectivity index (χ2n) is 5.92. The maximum absolute atomic E-state index is 12.5. The lowest BCUT2D eigenvalue weighted by molar-refractivity contribution is -0.128. The third kappa shape index (κ3) is 4.12. The summed E-state index contributed by atoms with van der Waals surface area (Å²) in [5.41, 5.74) is 2.01. The zero-order chi connectivity index (χ0) is 17.8. The highest BCUT2D eigenvalue weighted by Gasteiger charge is 2.20. The van der Waals surface area contributed by atoms with Gasteiger partial charge in [0.05, 0.1) is 12.7 Å². The fraction of sp³-hybridized carbons (Fsp3) is 0.263. The molecule has 0 saturated carbocycles. The largest absolute Gasteiger partial charge is 0.496 e. The Bertz CT molecular complexity index is 807. The number of nitrogens with zero attached hydrogens (tertiary/aromatic N) is 1. The second-order valence-corrected chi connectivity index (χ2v) is 6.35. The zero-order valence-electron chi connectivity index (χ0n) is 13.9. The Labute approximate surface area is 151 Å². The minimum Gasteiger partial charge on any atom is -0.496 e. The molecule has 130 valence electrons. The van der Waals surface area contributed by atoms with Crippen LogP contribution in [0.5, 0.6) is 5.75 Å². The molecule has 1 heterocycles. The Morgan fingerprint density at radius 1 is 1.28 bits per heavy atom. The molecule has 0 bridgehead atoms. The van der Waals surface area contributed by atoms with Crippen molar-refractivity contribution in [1.82, 2.24) is 4.90 Å². The third-order valence-electron chi connectivity index (χ3n) is 4.14. The monoisotopic (exact) mass is 358 g/mol. The first-order valence-corrected chi connectivity index (χ1v) is 8.46. The van der Waals surface area contributed by atoms with Crippen LogP contribution in [-0.4, -0.2) is 30.4 Å². The lowest BCUT2D eigenvalue weighted by atomic mass is 10.1. The van der Waals surface area contributed by atoms with E-state index < -0.39 is 0 Å². The van der Waals surface area contributed by atoms with Gasteiger partial charge in [-0.1, -0.05) is 23.7 Å². The number of halogens is 1. The van der Waals surface area contributed by atoms with Crippen LogP contribution in [0.2, 0.25) is 5.02 Å². The molecule has 2 aromatic carbocycles. The molecule has 0 radical (unpaired) electrons. The molecule has 1 saturated heterocycles. The van der Waals surface area contributed by atoms with E-state index in [4.69, 9.17) is 16.3 Å². The number of methoxy groups -OCH3 is 1. The Morgan fingerprint density at radius 2 is 2.12 bits per heavy atom. The Kier molecular flexibility index (Phi) is 5.24. The maximum atomic E-state index is 12.5. The van der Waals surface area contributed by atoms with Gasteiger partial charge in [-0.15, -0.1) is 0 Å². The van der Waals surface area contributed by atoms with Crippen LogP contribution in [0.15, 0.2) is 42.5 Å². The lowest BCUT2D eigenvalue weighted by Crippen LogP contribution is -2.23. The summed E-state index contributed by atoms with van der Waals surface area (Å²) in [5, 5.41) is 3.32. The molecule has 0 aliphatic carbocycles. The number of benzene rings is 2. The van der Waals surface area contributed by atoms with Crippen molar-refractivity contribution in [3.8, 4) is 5.75 Å². The van der Waals surface area contributed by atoms with Crippen LogP contribution in [0.25, 0.3) is 0 Å². The number of ether oxygens (including phenoxy) is 1. The Hall–Kier alpha value is -2.53. The van der Waals surface area contributed by atoms with Crippen molar-refractivity contribution >= 4 is 29.1 Å². The van der Waals surface area contributed by atoms with E-state index in [1.807, 2.05) is 29.2 Å². The highest BCUT2D eigenvalue weighted by molar-refractivity contribution is 6.31. The van der Waals surface area contributed by atoms with Gasteiger partial charge in [0.1, 0.15) is 5.75 Å². The molecule has 1 aliphatic rings. The number of anilines is 1. The smallest absolute Gasteiger partial charge is 0.259 e. The first-order valence-electron chi connectivity index (χ1n) is 8.08. The summed E-state index contributed by atoms with van der Waals surface area (Å²) >= 11 is 5.98. The number of nitrogens with one attached hydrogen (secondary N) is 1. The molecule has 5 nitrogen and oxygen atoms in total. The molecule has 2 aromatic rings. The van der Waals surface area contributed by atoms with Crippen molar-refractivity contribution < 1.29 is 14.3 Å². The molecule has 25 heavy (non-hydrogen) atoms. The molecule has 1 N–H and O–H groups in total. The van der Waals surface area contributed by atoms with Crippen LogP contribution in [0.3, 0.4) is 0 Å². The van der Waals surface area contributed by atoms with Crippen molar-refractivity contribution in [3.63, 3.8) is 0 Å². The van der Waals surface area contributed by atoms with Crippen LogP contribution in [0.4, 0.5) is 5.69 Å². The molecule has 0 atom stereocenters. The van der Waals surface area contributed by atoms with E-state index >= 15 is 0 Å². The molecule has 0 unspecified atom stereocenters. The van der Waals surface area contributed by atoms with Gasteiger partial charge in [0.2, 0.25) is 5.91 Å². The van der Waals surface area contributed by atoms with E-state index in [0.717, 1.165) is 18.5 Å². The molecule has 3 rings (SSSR count). The minimum atomic E-state index is -0.297. The summed E-state index contributed by atoms with van der Waals surface area (Å²) in [7, 11) is 1.51. The number of rotatable bonds is 5. The first-order chi connectivity index (χ1) is 12.1. The normalized spacial score (nSPS) is 13.8. The number of hydrogen-bond acceptors (Lipinski definition) is 3. The van der Waals surface area contributed by atoms with Crippen molar-refractivity contribution in [3.05, 3.63) is 58.6 Å². The van der Waals surface area contributed by atoms with Gasteiger partial charge in [-0.05, 0) is 42.3 Å². The molecule has 1 fully saturated rings. The van der Waals surface area contributed by atoms with Gasteiger partial charge in [0.15, 0.2) is 0 Å². The molecule has 2 amide bonds. The van der Waals surface area contributed by atoms with Crippen molar-refractivity contribution in [2.75, 3.05) is 19.0 Å². The van der Waals surface area contributed by atoms with Crippen molar-refractivity contribution in [2.45, 2.75) is 19.4 Å². The molecule has 6 heteroatoms. The van der Waals surface area contributed by atoms with Crippen LogP contribution in [-0.2, 0) is 11.3 Å². The predicted octanol–water partition coefficient (Wildman–Crippen LogP) is 3.72. The first kappa shape index (κ1) is 17.3. The summed E-state index contributed by atoms with van der Waals surface area (Å²) < 4.78 is 5.22. The summed E-state index contributed by atoms with van der Waals surface area (Å²) in [4.78, 5) is 26.1. The molecular weight excluding hydrogens is 340 g/mol. The fourth-order valence-electron chi connectivity index (χ4n) is 2.90. The fourth-order valence-corrected chi connectivity index (χ4v) is 3.07. The lowest BCUT2D eigenvalue weighted by Gasteiger charge is -2.16. The van der Waals surface area contributed by atoms with E-state index in [1.54, 1.807) is 18.2 Å². The topological polar surface area (TPSA) is 58.6 Å². The number of likely N-dealkylation sites (tertiary alicyclic amines) is 1. The van der Waals surface area contributed by atoms with Crippen molar-refractivity contribution in [2.24, 2.45) is 0 Å². The van der Waals surface area contributed by atoms with E-state index in [-0.39, 0.29) is 11.8 Å². The van der Waals surface area contributed by atoms with Gasteiger partial charge in [0, 0.05) is 30.2 Å². The average Bonchev–Trinajstić information content (AvgIpc) is 3.00. The SMILES string of the molecule is COc1ccc(Cl)cc1C(=O)Nc1cccc(CN2CCCC2=O)c1. The Balaban J connectivity index is 1.74. The van der Waals surface area contributed by atoms with Gasteiger partial charge in [-0.3, -0.25) is 9.59 Å². The van der Waals surface area contributed by atoms with Crippen LogP contribution < -0.4 is 10.1 Å². The van der Waals surface area contributed by atoms with Crippen LogP contribution >= 0.6 is 11.6 Å². The standard InChI is InChI=1S/C19H19ClN2O3/c1-25-17-8-7-14(20)11-16(17)19(24)21-15-5-2-4-13(10-15)12-22-9-3-6-18(22)23/h2,4-5,7-8,10-11H,3,6,9,12H2,1H3,(H,21,24). The quantitative estimate of drug-likeness (QED) is 0.886. The molecular formula is C19H19ClN2O3. The second kappa shape index (κ2) is 7.57. The molecule has 0 aromatic heterocycles. The summed E-state index contributed by atoms with van der Waals surface area (Å²) in [6, 6.07) is 12.4. The number of carbonyl (C=O) groups excluding carboxylic acids is 2. The number of amides is 2. The van der Waals surface area contributed by atoms with Gasteiger partial charge in [0.25, 0.3) is 5.91 Å². The summed E-state index contributed by atoms with van der Waals surface area (Å²) in [6.45, 7) is 1.35. The van der Waals surface area contributed by atoms with Gasteiger partial charge in [-0.2, -0.15) is 0 Å². The van der Waals surface area contributed by atoms with Gasteiger partial charge < -0.3 is 15.0 Å². The van der Waals surface area contributed by atoms with Crippen LogP contribution in [0, 0.1) is 0 Å². The summed E-state index contributed by atoms with van der Waals surface area (Å²) in [5.74, 6) is 0.340.